The van der Waals surface area contributed by atoms with E-state index in [4.69, 9.17) is 30.5 Å². The molecule has 0 unspecified atom stereocenters. The lowest BCUT2D eigenvalue weighted by atomic mass is 10.2. The van der Waals surface area contributed by atoms with Crippen molar-refractivity contribution in [1.82, 2.24) is 0 Å². The second kappa shape index (κ2) is 7.92. The van der Waals surface area contributed by atoms with Crippen molar-refractivity contribution >= 4 is 27.3 Å². The summed E-state index contributed by atoms with van der Waals surface area (Å²) in [6, 6.07) is 7.35. The van der Waals surface area contributed by atoms with Crippen LogP contribution in [0.4, 0.5) is 5.69 Å². The number of nitrogens with zero attached hydrogens (tertiary/aromatic N) is 1. The number of rotatable bonds is 7. The molecule has 0 saturated heterocycles. The van der Waals surface area contributed by atoms with Gasteiger partial charge < -0.3 is 18.9 Å². The third kappa shape index (κ3) is 3.61. The van der Waals surface area contributed by atoms with Crippen LogP contribution in [-0.2, 0) is 10.0 Å². The minimum Gasteiger partial charge on any atom is -0.495 e. The van der Waals surface area contributed by atoms with Gasteiger partial charge in [0.05, 0.1) is 44.0 Å². The fourth-order valence-electron chi connectivity index (χ4n) is 2.36. The lowest BCUT2D eigenvalue weighted by Gasteiger charge is -2.23. The highest BCUT2D eigenvalue weighted by Crippen LogP contribution is 2.40. The molecule has 9 heteroatoms. The van der Waals surface area contributed by atoms with Gasteiger partial charge in [0.25, 0.3) is 10.0 Å². The Morgan fingerprint density at radius 3 is 1.92 bits per heavy atom. The molecule has 0 aliphatic heterocycles. The van der Waals surface area contributed by atoms with Gasteiger partial charge >= 0.3 is 0 Å². The molecule has 0 saturated carbocycles. The molecule has 2 aromatic carbocycles. The first-order valence-corrected chi connectivity index (χ1v) is 9.24. The van der Waals surface area contributed by atoms with Crippen LogP contribution in [0.25, 0.3) is 0 Å². The van der Waals surface area contributed by atoms with Crippen LogP contribution in [0.15, 0.2) is 35.2 Å². The van der Waals surface area contributed by atoms with Gasteiger partial charge in [-0.3, -0.25) is 4.31 Å². The highest BCUT2D eigenvalue weighted by molar-refractivity contribution is 7.92. The molecule has 0 aliphatic carbocycles. The van der Waals surface area contributed by atoms with Crippen LogP contribution in [0.2, 0.25) is 5.02 Å². The molecule has 142 valence electrons. The first-order valence-electron chi connectivity index (χ1n) is 7.42. The van der Waals surface area contributed by atoms with Crippen LogP contribution in [0.3, 0.4) is 0 Å². The van der Waals surface area contributed by atoms with Crippen molar-refractivity contribution < 1.29 is 27.4 Å². The molecule has 26 heavy (non-hydrogen) atoms. The molecule has 7 nitrogen and oxygen atoms in total. The SMILES string of the molecule is COc1cc(N(C)S(=O)(=O)c2ccc(OC)c(OC)c2)c(OC)cc1Cl. The summed E-state index contributed by atoms with van der Waals surface area (Å²) in [4.78, 5) is 0.0358. The summed E-state index contributed by atoms with van der Waals surface area (Å²) >= 11 is 6.09. The normalized spacial score (nSPS) is 11.0. The van der Waals surface area contributed by atoms with Crippen molar-refractivity contribution in [2.45, 2.75) is 4.90 Å². The molecule has 0 atom stereocenters. The number of halogens is 1. The topological polar surface area (TPSA) is 74.3 Å². The monoisotopic (exact) mass is 401 g/mol. The van der Waals surface area contributed by atoms with Crippen LogP contribution in [0.1, 0.15) is 0 Å². The van der Waals surface area contributed by atoms with E-state index in [0.29, 0.717) is 28.0 Å². The molecule has 0 fully saturated rings. The summed E-state index contributed by atoms with van der Waals surface area (Å²) in [6.45, 7) is 0. The number of methoxy groups -OCH3 is 4. The number of benzene rings is 2. The Hall–Kier alpha value is -2.32. The molecule has 0 N–H and O–H groups in total. The Morgan fingerprint density at radius 1 is 0.808 bits per heavy atom. The van der Waals surface area contributed by atoms with Crippen molar-refractivity contribution in [2.24, 2.45) is 0 Å². The van der Waals surface area contributed by atoms with Gasteiger partial charge in [-0.1, -0.05) is 11.6 Å². The van der Waals surface area contributed by atoms with E-state index in [1.54, 1.807) is 0 Å². The van der Waals surface area contributed by atoms with Crippen molar-refractivity contribution in [1.29, 1.82) is 0 Å². The van der Waals surface area contributed by atoms with E-state index in [-0.39, 0.29) is 10.6 Å². The predicted molar refractivity (Wildman–Crippen MR) is 99.7 cm³/mol. The van der Waals surface area contributed by atoms with E-state index in [1.807, 2.05) is 0 Å². The van der Waals surface area contributed by atoms with Gasteiger partial charge in [-0.2, -0.15) is 0 Å². The van der Waals surface area contributed by atoms with Gasteiger partial charge in [-0.15, -0.1) is 0 Å². The Labute approximate surface area is 158 Å². The number of ether oxygens (including phenoxy) is 4. The molecule has 0 radical (unpaired) electrons. The number of hydrogen-bond acceptors (Lipinski definition) is 6. The summed E-state index contributed by atoms with van der Waals surface area (Å²) in [7, 11) is 3.30. The first-order chi connectivity index (χ1) is 12.3. The fourth-order valence-corrected chi connectivity index (χ4v) is 3.80. The Morgan fingerprint density at radius 2 is 1.38 bits per heavy atom. The number of anilines is 1. The van der Waals surface area contributed by atoms with Crippen LogP contribution >= 0.6 is 11.6 Å². The number of hydrogen-bond donors (Lipinski definition) is 0. The zero-order valence-corrected chi connectivity index (χ0v) is 16.6. The quantitative estimate of drug-likeness (QED) is 0.709. The minimum atomic E-state index is -3.90. The van der Waals surface area contributed by atoms with E-state index < -0.39 is 10.0 Å². The second-order valence-electron chi connectivity index (χ2n) is 5.15. The summed E-state index contributed by atoms with van der Waals surface area (Å²) in [6.07, 6.45) is 0. The molecule has 0 bridgehead atoms. The summed E-state index contributed by atoms with van der Waals surface area (Å²) < 4.78 is 48.0. The summed E-state index contributed by atoms with van der Waals surface area (Å²) in [5.74, 6) is 1.36. The van der Waals surface area contributed by atoms with Gasteiger partial charge in [-0.05, 0) is 12.1 Å². The lowest BCUT2D eigenvalue weighted by molar-refractivity contribution is 0.354. The van der Waals surface area contributed by atoms with Crippen LogP contribution < -0.4 is 23.3 Å². The molecule has 0 amide bonds. The van der Waals surface area contributed by atoms with Crippen LogP contribution in [0, 0.1) is 0 Å². The molecule has 0 aliphatic rings. The van der Waals surface area contributed by atoms with Gasteiger partial charge in [-0.25, -0.2) is 8.42 Å². The van der Waals surface area contributed by atoms with E-state index in [0.717, 1.165) is 4.31 Å². The molecular weight excluding hydrogens is 382 g/mol. The molecule has 0 spiro atoms. The third-order valence-corrected chi connectivity index (χ3v) is 5.87. The summed E-state index contributed by atoms with van der Waals surface area (Å²) in [5.41, 5.74) is 0.281. The number of sulfonamides is 1. The zero-order valence-electron chi connectivity index (χ0n) is 15.1. The molecular formula is C17H20ClNO6S. The molecule has 2 aromatic rings. The van der Waals surface area contributed by atoms with Gasteiger partial charge in [0.1, 0.15) is 11.5 Å². The third-order valence-electron chi connectivity index (χ3n) is 3.81. The van der Waals surface area contributed by atoms with Gasteiger partial charge in [0.2, 0.25) is 0 Å². The van der Waals surface area contributed by atoms with Crippen molar-refractivity contribution in [2.75, 3.05) is 39.8 Å². The maximum atomic E-state index is 13.1. The maximum Gasteiger partial charge on any atom is 0.264 e. The lowest BCUT2D eigenvalue weighted by Crippen LogP contribution is -2.27. The highest BCUT2D eigenvalue weighted by Gasteiger charge is 2.26. The molecule has 0 heterocycles. The van der Waals surface area contributed by atoms with E-state index in [9.17, 15) is 8.42 Å². The standard InChI is InChI=1S/C17H20ClNO6S/c1-19(13-10-15(23-3)12(18)9-16(13)24-4)26(20,21)11-6-7-14(22-2)17(8-11)25-5/h6-10H,1-5H3. The minimum absolute atomic E-state index is 0.0358. The second-order valence-corrected chi connectivity index (χ2v) is 7.52. The average molecular weight is 402 g/mol. The van der Waals surface area contributed by atoms with Crippen LogP contribution in [-0.4, -0.2) is 43.9 Å². The largest absolute Gasteiger partial charge is 0.495 e. The summed E-state index contributed by atoms with van der Waals surface area (Å²) in [5, 5.41) is 0.310. The molecule has 0 aromatic heterocycles. The zero-order chi connectivity index (χ0) is 19.5. The van der Waals surface area contributed by atoms with E-state index in [1.165, 1.54) is 65.8 Å². The Balaban J connectivity index is 2.56. The Bertz CT molecular complexity index is 900. The van der Waals surface area contributed by atoms with Gasteiger partial charge in [0.15, 0.2) is 11.5 Å². The van der Waals surface area contributed by atoms with Crippen molar-refractivity contribution in [3.05, 3.63) is 35.4 Å². The van der Waals surface area contributed by atoms with Gasteiger partial charge in [0, 0.05) is 25.2 Å². The van der Waals surface area contributed by atoms with Crippen molar-refractivity contribution in [3.8, 4) is 23.0 Å². The van der Waals surface area contributed by atoms with Crippen LogP contribution in [0.5, 0.6) is 23.0 Å². The fraction of sp³-hybridized carbons (Fsp3) is 0.294. The van der Waals surface area contributed by atoms with E-state index >= 15 is 0 Å². The average Bonchev–Trinajstić information content (AvgIpc) is 2.66. The first kappa shape index (κ1) is 20.0. The smallest absolute Gasteiger partial charge is 0.264 e. The maximum absolute atomic E-state index is 13.1. The van der Waals surface area contributed by atoms with Crippen molar-refractivity contribution in [3.63, 3.8) is 0 Å². The predicted octanol–water partition coefficient (Wildman–Crippen LogP) is 3.20. The Kier molecular flexibility index (Phi) is 6.09. The van der Waals surface area contributed by atoms with E-state index in [2.05, 4.69) is 0 Å². The highest BCUT2D eigenvalue weighted by atomic mass is 35.5. The molecule has 2 rings (SSSR count).